The van der Waals surface area contributed by atoms with E-state index < -0.39 is 0 Å². The zero-order chi connectivity index (χ0) is 20.6. The molecule has 28 heavy (non-hydrogen) atoms. The number of allylic oxidation sites excluding steroid dienone is 4. The Kier molecular flexibility index (Phi) is 7.58. The Morgan fingerprint density at radius 3 is 2.61 bits per heavy atom. The summed E-state index contributed by atoms with van der Waals surface area (Å²) in [5.41, 5.74) is 2.91. The summed E-state index contributed by atoms with van der Waals surface area (Å²) in [6.07, 6.45) is 9.27. The van der Waals surface area contributed by atoms with Crippen molar-refractivity contribution in [2.45, 2.75) is 33.2 Å². The first-order chi connectivity index (χ1) is 13.5. The van der Waals surface area contributed by atoms with E-state index in [1.165, 1.54) is 5.57 Å². The normalized spacial score (nSPS) is 18.3. The molecule has 2 N–H and O–H groups in total. The van der Waals surface area contributed by atoms with E-state index in [2.05, 4.69) is 29.5 Å². The fraction of sp³-hybridized carbons (Fsp3) is 0.364. The Bertz CT molecular complexity index is 846. The van der Waals surface area contributed by atoms with E-state index in [0.717, 1.165) is 24.9 Å². The maximum atomic E-state index is 12.2. The summed E-state index contributed by atoms with van der Waals surface area (Å²) < 4.78 is 7.32. The standard InChI is InChI=1S/C21H25N3O2.CH4O.H2/c1-16(26-3)19(21(2)10-7-11-21)15-24-14-18(13-22-24)23-20(25)12-17-8-5-4-6-9-17;1-2;/h4-10,13-14H,11-12,15H2,1-3H3,(H,23,25);2H,1H3;1H/b19-16-;;. The van der Waals surface area contributed by atoms with Gasteiger partial charge in [-0.3, -0.25) is 9.48 Å². The summed E-state index contributed by atoms with van der Waals surface area (Å²) in [6.45, 7) is 4.82. The molecule has 0 bridgehead atoms. The third kappa shape index (κ3) is 5.33. The first-order valence-corrected chi connectivity index (χ1v) is 9.23. The van der Waals surface area contributed by atoms with Crippen LogP contribution >= 0.6 is 0 Å². The summed E-state index contributed by atoms with van der Waals surface area (Å²) in [4.78, 5) is 12.2. The second kappa shape index (κ2) is 9.90. The topological polar surface area (TPSA) is 76.4 Å². The summed E-state index contributed by atoms with van der Waals surface area (Å²) in [6, 6.07) is 9.70. The fourth-order valence-corrected chi connectivity index (χ4v) is 3.18. The smallest absolute Gasteiger partial charge is 0.228 e. The molecule has 6 nitrogen and oxygen atoms in total. The number of aliphatic hydroxyl groups is 1. The molecule has 0 fully saturated rings. The van der Waals surface area contributed by atoms with Crippen molar-refractivity contribution in [2.24, 2.45) is 5.41 Å². The van der Waals surface area contributed by atoms with Gasteiger partial charge >= 0.3 is 0 Å². The van der Waals surface area contributed by atoms with Crippen LogP contribution in [0.2, 0.25) is 0 Å². The number of hydrogen-bond acceptors (Lipinski definition) is 4. The average molecular weight is 386 g/mol. The van der Waals surface area contributed by atoms with Crippen LogP contribution in [0.1, 0.15) is 27.3 Å². The largest absolute Gasteiger partial charge is 0.501 e. The number of nitrogens with one attached hydrogen (secondary N) is 1. The lowest BCUT2D eigenvalue weighted by molar-refractivity contribution is -0.115. The van der Waals surface area contributed by atoms with Crippen molar-refractivity contribution in [2.75, 3.05) is 19.5 Å². The number of benzene rings is 1. The molecule has 1 amide bonds. The van der Waals surface area contributed by atoms with Gasteiger partial charge in [0.1, 0.15) is 0 Å². The van der Waals surface area contributed by atoms with E-state index in [1.807, 2.05) is 48.1 Å². The Morgan fingerprint density at radius 1 is 1.36 bits per heavy atom. The third-order valence-electron chi connectivity index (χ3n) is 4.89. The number of aliphatic hydroxyl groups excluding tert-OH is 1. The van der Waals surface area contributed by atoms with Gasteiger partial charge in [0, 0.05) is 20.1 Å². The number of rotatable bonds is 7. The highest BCUT2D eigenvalue weighted by molar-refractivity contribution is 5.91. The van der Waals surface area contributed by atoms with E-state index in [1.54, 1.807) is 13.3 Å². The minimum atomic E-state index is -0.0477. The van der Waals surface area contributed by atoms with Crippen LogP contribution in [0, 0.1) is 5.41 Å². The Balaban J connectivity index is 0.00000136. The lowest BCUT2D eigenvalue weighted by Crippen LogP contribution is -2.26. The molecule has 6 heteroatoms. The van der Waals surface area contributed by atoms with Gasteiger partial charge in [-0.05, 0) is 24.5 Å². The number of aromatic nitrogens is 2. The average Bonchev–Trinajstić information content (AvgIpc) is 3.13. The number of anilines is 1. The third-order valence-corrected chi connectivity index (χ3v) is 4.89. The van der Waals surface area contributed by atoms with Gasteiger partial charge < -0.3 is 15.2 Å². The van der Waals surface area contributed by atoms with E-state index in [4.69, 9.17) is 9.84 Å². The van der Waals surface area contributed by atoms with Crippen molar-refractivity contribution in [3.05, 3.63) is 71.8 Å². The highest BCUT2D eigenvalue weighted by Crippen LogP contribution is 2.42. The molecule has 152 valence electrons. The monoisotopic (exact) mass is 385 g/mol. The minimum Gasteiger partial charge on any atom is -0.501 e. The van der Waals surface area contributed by atoms with Crippen LogP contribution in [-0.2, 0) is 22.5 Å². The lowest BCUT2D eigenvalue weighted by atomic mass is 9.71. The van der Waals surface area contributed by atoms with Crippen molar-refractivity contribution in [1.29, 1.82) is 0 Å². The molecule has 3 rings (SSSR count). The summed E-state index contributed by atoms with van der Waals surface area (Å²) in [5.74, 6) is 0.871. The van der Waals surface area contributed by atoms with Crippen LogP contribution in [0.3, 0.4) is 0 Å². The van der Waals surface area contributed by atoms with Gasteiger partial charge in [0.05, 0.1) is 37.7 Å². The first kappa shape index (κ1) is 21.4. The molecule has 0 radical (unpaired) electrons. The number of hydrogen-bond donors (Lipinski definition) is 2. The Hall–Kier alpha value is -2.86. The Morgan fingerprint density at radius 2 is 2.04 bits per heavy atom. The lowest BCUT2D eigenvalue weighted by Gasteiger charge is -2.35. The van der Waals surface area contributed by atoms with Gasteiger partial charge in [0.2, 0.25) is 5.91 Å². The van der Waals surface area contributed by atoms with Crippen LogP contribution in [-0.4, -0.2) is 35.0 Å². The molecule has 0 saturated carbocycles. The maximum Gasteiger partial charge on any atom is 0.228 e. The van der Waals surface area contributed by atoms with Crippen LogP contribution in [0.5, 0.6) is 0 Å². The predicted molar refractivity (Wildman–Crippen MR) is 113 cm³/mol. The van der Waals surface area contributed by atoms with Crippen LogP contribution in [0.15, 0.2) is 66.2 Å². The molecule has 1 atom stereocenters. The molecule has 1 heterocycles. The van der Waals surface area contributed by atoms with E-state index >= 15 is 0 Å². The van der Waals surface area contributed by atoms with Crippen LogP contribution in [0.4, 0.5) is 5.69 Å². The van der Waals surface area contributed by atoms with Gasteiger partial charge in [-0.15, -0.1) is 0 Å². The zero-order valence-corrected chi connectivity index (χ0v) is 17.0. The van der Waals surface area contributed by atoms with Gasteiger partial charge in [-0.1, -0.05) is 49.4 Å². The first-order valence-electron chi connectivity index (χ1n) is 9.23. The number of amides is 1. The second-order valence-electron chi connectivity index (χ2n) is 6.90. The van der Waals surface area contributed by atoms with Gasteiger partial charge in [0.25, 0.3) is 0 Å². The number of nitrogens with zero attached hydrogens (tertiary/aromatic N) is 2. The summed E-state index contributed by atoms with van der Waals surface area (Å²) >= 11 is 0. The molecule has 1 unspecified atom stereocenters. The highest BCUT2D eigenvalue weighted by Gasteiger charge is 2.32. The SMILES string of the molecule is CO.CO/C(C)=C(/Cn1cc(NC(=O)Cc2ccccc2)cn1)C1(C)C=CC1.[HH]. The molecule has 0 aliphatic heterocycles. The van der Waals surface area contributed by atoms with E-state index in [0.29, 0.717) is 18.7 Å². The van der Waals surface area contributed by atoms with Crippen molar-refractivity contribution in [1.82, 2.24) is 9.78 Å². The van der Waals surface area contributed by atoms with E-state index in [9.17, 15) is 4.79 Å². The number of carbonyl (C=O) groups is 1. The molecule has 1 aliphatic rings. The molecule has 1 aromatic carbocycles. The zero-order valence-electron chi connectivity index (χ0n) is 17.0. The molecule has 1 aromatic heterocycles. The molecule has 0 saturated heterocycles. The highest BCUT2D eigenvalue weighted by atomic mass is 16.5. The number of methoxy groups -OCH3 is 1. The molecule has 1 aliphatic carbocycles. The van der Waals surface area contributed by atoms with Crippen molar-refractivity contribution in [3.63, 3.8) is 0 Å². The molecular formula is C22H31N3O3. The van der Waals surface area contributed by atoms with Crippen molar-refractivity contribution < 1.29 is 16.1 Å². The number of carbonyl (C=O) groups excluding carboxylic acids is 1. The van der Waals surface area contributed by atoms with Gasteiger partial charge in [-0.25, -0.2) is 0 Å². The maximum absolute atomic E-state index is 12.2. The van der Waals surface area contributed by atoms with Crippen LogP contribution in [0.25, 0.3) is 0 Å². The predicted octanol–water partition coefficient (Wildman–Crippen LogP) is 3.81. The molecular weight excluding hydrogens is 354 g/mol. The fourth-order valence-electron chi connectivity index (χ4n) is 3.18. The Labute approximate surface area is 168 Å². The van der Waals surface area contributed by atoms with E-state index in [-0.39, 0.29) is 12.7 Å². The summed E-state index contributed by atoms with van der Waals surface area (Å²) in [7, 11) is 2.69. The van der Waals surface area contributed by atoms with Crippen molar-refractivity contribution >= 4 is 11.6 Å². The quantitative estimate of drug-likeness (QED) is 0.561. The van der Waals surface area contributed by atoms with Crippen LogP contribution < -0.4 is 5.32 Å². The number of ether oxygens (including phenoxy) is 1. The van der Waals surface area contributed by atoms with Crippen molar-refractivity contribution in [3.8, 4) is 0 Å². The van der Waals surface area contributed by atoms with Gasteiger partial charge in [0.15, 0.2) is 0 Å². The molecule has 2 aromatic rings. The second-order valence-corrected chi connectivity index (χ2v) is 6.90. The summed E-state index contributed by atoms with van der Waals surface area (Å²) in [5, 5.41) is 14.3. The molecule has 0 spiro atoms. The minimum absolute atomic E-state index is 0. The van der Waals surface area contributed by atoms with Gasteiger partial charge in [-0.2, -0.15) is 5.10 Å².